The topological polar surface area (TPSA) is 53.1 Å². The second-order valence-corrected chi connectivity index (χ2v) is 10.6. The lowest BCUT2D eigenvalue weighted by Gasteiger charge is -2.44. The molecule has 1 aromatic carbocycles. The molecule has 3 fully saturated rings. The zero-order valence-electron chi connectivity index (χ0n) is 19.0. The second kappa shape index (κ2) is 9.41. The number of piperidine rings is 1. The van der Waals surface area contributed by atoms with E-state index in [0.717, 1.165) is 43.7 Å². The average Bonchev–Trinajstić information content (AvgIpc) is 3.37. The van der Waals surface area contributed by atoms with Crippen LogP contribution in [0.4, 0.5) is 4.79 Å². The molecule has 0 aromatic heterocycles. The smallest absolute Gasteiger partial charge is 0.327 e. The average molecular weight is 446 g/mol. The Balaban J connectivity index is 1.54. The highest BCUT2D eigenvalue weighted by molar-refractivity contribution is 7.99. The van der Waals surface area contributed by atoms with E-state index in [1.807, 2.05) is 40.9 Å². The van der Waals surface area contributed by atoms with Crippen LogP contribution in [-0.4, -0.2) is 76.5 Å². The highest BCUT2D eigenvalue weighted by Gasteiger charge is 2.57. The third kappa shape index (κ3) is 4.44. The lowest BCUT2D eigenvalue weighted by Crippen LogP contribution is -2.58. The Morgan fingerprint density at radius 3 is 2.65 bits per heavy atom. The van der Waals surface area contributed by atoms with E-state index in [1.165, 1.54) is 22.8 Å². The first-order valence-electron chi connectivity index (χ1n) is 11.5. The molecule has 3 amide bonds. The molecule has 0 aliphatic carbocycles. The summed E-state index contributed by atoms with van der Waals surface area (Å²) in [4.78, 5) is 33.2. The Kier molecular flexibility index (Phi) is 6.82. The molecule has 31 heavy (non-hydrogen) atoms. The van der Waals surface area contributed by atoms with Gasteiger partial charge >= 0.3 is 6.03 Å². The van der Waals surface area contributed by atoms with Crippen LogP contribution in [0.5, 0.6) is 5.75 Å². The zero-order valence-corrected chi connectivity index (χ0v) is 19.8. The molecule has 1 aromatic rings. The Morgan fingerprint density at radius 1 is 1.23 bits per heavy atom. The molecule has 0 radical (unpaired) electrons. The van der Waals surface area contributed by atoms with E-state index in [0.29, 0.717) is 25.0 Å². The van der Waals surface area contributed by atoms with Crippen molar-refractivity contribution in [3.8, 4) is 5.75 Å². The largest absolute Gasteiger partial charge is 0.497 e. The number of carbonyl (C=O) groups is 2. The van der Waals surface area contributed by atoms with Crippen LogP contribution in [0.25, 0.3) is 0 Å². The minimum Gasteiger partial charge on any atom is -0.497 e. The van der Waals surface area contributed by atoms with Crippen LogP contribution in [0.15, 0.2) is 24.3 Å². The molecule has 4 rings (SSSR count). The van der Waals surface area contributed by atoms with Gasteiger partial charge in [0.25, 0.3) is 5.91 Å². The normalized spacial score (nSPS) is 24.1. The van der Waals surface area contributed by atoms with Gasteiger partial charge in [0.15, 0.2) is 0 Å². The van der Waals surface area contributed by atoms with Crippen molar-refractivity contribution in [1.82, 2.24) is 14.7 Å². The van der Waals surface area contributed by atoms with Crippen LogP contribution in [0, 0.1) is 5.92 Å². The van der Waals surface area contributed by atoms with Gasteiger partial charge in [0.1, 0.15) is 11.3 Å². The van der Waals surface area contributed by atoms with Crippen LogP contribution < -0.4 is 4.74 Å². The fourth-order valence-corrected chi connectivity index (χ4v) is 6.38. The minimum absolute atomic E-state index is 0.00970. The van der Waals surface area contributed by atoms with Gasteiger partial charge in [-0.15, -0.1) is 0 Å². The summed E-state index contributed by atoms with van der Waals surface area (Å²) in [6.07, 6.45) is 3.64. The summed E-state index contributed by atoms with van der Waals surface area (Å²) in [6, 6.07) is 8.15. The number of amides is 3. The SMILES string of the molecule is COc1cccc(CN2C(=O)N(CCC(C)C)C3(CCN([C@@H]4CCSC4)CC3)C2=O)c1. The molecule has 3 aliphatic heterocycles. The molecule has 7 heteroatoms. The first-order chi connectivity index (χ1) is 14.9. The van der Waals surface area contributed by atoms with Crippen molar-refractivity contribution < 1.29 is 14.3 Å². The minimum atomic E-state index is -0.674. The van der Waals surface area contributed by atoms with Crippen molar-refractivity contribution >= 4 is 23.7 Å². The molecule has 6 nitrogen and oxygen atoms in total. The Labute approximate surface area is 190 Å². The number of imide groups is 1. The van der Waals surface area contributed by atoms with Crippen molar-refractivity contribution in [2.45, 2.75) is 57.7 Å². The van der Waals surface area contributed by atoms with Crippen molar-refractivity contribution in [2.24, 2.45) is 5.92 Å². The fraction of sp³-hybridized carbons (Fsp3) is 0.667. The molecule has 0 saturated carbocycles. The van der Waals surface area contributed by atoms with E-state index in [1.54, 1.807) is 7.11 Å². The van der Waals surface area contributed by atoms with E-state index in [4.69, 9.17) is 4.74 Å². The molecule has 0 N–H and O–H groups in total. The lowest BCUT2D eigenvalue weighted by molar-refractivity contribution is -0.136. The van der Waals surface area contributed by atoms with Crippen molar-refractivity contribution in [3.05, 3.63) is 29.8 Å². The number of hydrogen-bond donors (Lipinski definition) is 0. The Bertz CT molecular complexity index is 801. The summed E-state index contributed by atoms with van der Waals surface area (Å²) in [5.74, 6) is 3.65. The molecule has 3 heterocycles. The number of methoxy groups -OCH3 is 1. The first-order valence-corrected chi connectivity index (χ1v) is 12.7. The number of hydrogen-bond acceptors (Lipinski definition) is 5. The predicted octanol–water partition coefficient (Wildman–Crippen LogP) is 3.85. The maximum absolute atomic E-state index is 13.7. The van der Waals surface area contributed by atoms with Crippen molar-refractivity contribution in [1.29, 1.82) is 0 Å². The number of rotatable bonds is 7. The quantitative estimate of drug-likeness (QED) is 0.597. The van der Waals surface area contributed by atoms with E-state index >= 15 is 0 Å². The summed E-state index contributed by atoms with van der Waals surface area (Å²) in [7, 11) is 1.63. The summed E-state index contributed by atoms with van der Waals surface area (Å²) in [5.41, 5.74) is 0.245. The molecule has 0 unspecified atom stereocenters. The van der Waals surface area contributed by atoms with Crippen LogP contribution in [0.2, 0.25) is 0 Å². The summed E-state index contributed by atoms with van der Waals surface area (Å²) in [5, 5.41) is 0. The molecule has 1 atom stereocenters. The fourth-order valence-electron chi connectivity index (χ4n) is 5.13. The van der Waals surface area contributed by atoms with Gasteiger partial charge in [0, 0.05) is 31.4 Å². The molecule has 3 saturated heterocycles. The van der Waals surface area contributed by atoms with E-state index in [-0.39, 0.29) is 11.9 Å². The number of likely N-dealkylation sites (tertiary alicyclic amines) is 1. The van der Waals surface area contributed by atoms with Crippen LogP contribution >= 0.6 is 11.8 Å². The van der Waals surface area contributed by atoms with Crippen LogP contribution in [0.3, 0.4) is 0 Å². The van der Waals surface area contributed by atoms with Crippen LogP contribution in [-0.2, 0) is 11.3 Å². The van der Waals surface area contributed by atoms with Crippen LogP contribution in [0.1, 0.15) is 45.1 Å². The predicted molar refractivity (Wildman–Crippen MR) is 124 cm³/mol. The van der Waals surface area contributed by atoms with E-state index < -0.39 is 5.54 Å². The number of ether oxygens (including phenoxy) is 1. The van der Waals surface area contributed by atoms with Gasteiger partial charge in [-0.2, -0.15) is 11.8 Å². The van der Waals surface area contributed by atoms with Gasteiger partial charge < -0.3 is 9.64 Å². The Morgan fingerprint density at radius 2 is 2.00 bits per heavy atom. The number of urea groups is 1. The molecule has 1 spiro atoms. The van der Waals surface area contributed by atoms with Gasteiger partial charge in [-0.1, -0.05) is 26.0 Å². The maximum Gasteiger partial charge on any atom is 0.327 e. The Hall–Kier alpha value is -1.73. The maximum atomic E-state index is 13.7. The third-order valence-corrected chi connectivity index (χ3v) is 8.22. The van der Waals surface area contributed by atoms with Gasteiger partial charge in [0.05, 0.1) is 13.7 Å². The van der Waals surface area contributed by atoms with Gasteiger partial charge in [0.2, 0.25) is 0 Å². The van der Waals surface area contributed by atoms with Crippen molar-refractivity contribution in [2.75, 3.05) is 38.2 Å². The highest BCUT2D eigenvalue weighted by atomic mass is 32.2. The number of benzene rings is 1. The van der Waals surface area contributed by atoms with Crippen molar-refractivity contribution in [3.63, 3.8) is 0 Å². The summed E-state index contributed by atoms with van der Waals surface area (Å²) >= 11 is 2.03. The molecule has 3 aliphatic rings. The van der Waals surface area contributed by atoms with Gasteiger partial charge in [-0.25, -0.2) is 4.79 Å². The summed E-state index contributed by atoms with van der Waals surface area (Å²) in [6.45, 7) is 7.09. The molecular formula is C24H35N3O3S. The molecular weight excluding hydrogens is 410 g/mol. The van der Waals surface area contributed by atoms with E-state index in [9.17, 15) is 9.59 Å². The number of carbonyl (C=O) groups excluding carboxylic acids is 2. The standard InChI is InChI=1S/C24H35N3O3S/c1-18(2)7-11-27-23(29)26(16-19-5-4-6-21(15-19)30-3)22(28)24(27)9-12-25(13-10-24)20-8-14-31-17-20/h4-6,15,18,20H,7-14,16-17H2,1-3H3/t20-/m1/s1. The first kappa shape index (κ1) is 22.5. The summed E-state index contributed by atoms with van der Waals surface area (Å²) < 4.78 is 5.32. The van der Waals surface area contributed by atoms with E-state index in [2.05, 4.69) is 18.7 Å². The molecule has 0 bridgehead atoms. The monoisotopic (exact) mass is 445 g/mol. The van der Waals surface area contributed by atoms with Gasteiger partial charge in [-0.05, 0) is 55.1 Å². The second-order valence-electron chi connectivity index (χ2n) is 9.44. The molecule has 170 valence electrons. The van der Waals surface area contributed by atoms with Gasteiger partial charge in [-0.3, -0.25) is 14.6 Å². The highest BCUT2D eigenvalue weighted by Crippen LogP contribution is 2.40. The zero-order chi connectivity index (χ0) is 22.0. The third-order valence-electron chi connectivity index (χ3n) is 7.07. The lowest BCUT2D eigenvalue weighted by atomic mass is 9.84. The number of nitrogens with zero attached hydrogens (tertiary/aromatic N) is 3. The number of thioether (sulfide) groups is 1.